The Morgan fingerprint density at radius 1 is 1.27 bits per heavy atom. The Kier molecular flexibility index (Phi) is 5.06. The lowest BCUT2D eigenvalue weighted by molar-refractivity contribution is -0.155. The lowest BCUT2D eigenvalue weighted by Crippen LogP contribution is -2.54. The van der Waals surface area contributed by atoms with Crippen LogP contribution in [0.1, 0.15) is 18.6 Å². The maximum absolute atomic E-state index is 12.8. The fourth-order valence-electron chi connectivity index (χ4n) is 2.84. The predicted octanol–water partition coefficient (Wildman–Crippen LogP) is 2.16. The van der Waals surface area contributed by atoms with E-state index in [0.717, 1.165) is 0 Å². The normalized spacial score (nSPS) is 17.5. The number of aromatic nitrogens is 3. The van der Waals surface area contributed by atoms with Crippen LogP contribution in [0.4, 0.5) is 0 Å². The number of amides is 1. The van der Waals surface area contributed by atoms with Crippen LogP contribution in [-0.2, 0) is 22.7 Å². The van der Waals surface area contributed by atoms with Crippen LogP contribution >= 0.6 is 23.2 Å². The van der Waals surface area contributed by atoms with Gasteiger partial charge in [0.15, 0.2) is 11.9 Å². The van der Waals surface area contributed by atoms with Gasteiger partial charge in [-0.15, -0.1) is 10.2 Å². The van der Waals surface area contributed by atoms with E-state index in [0.29, 0.717) is 27.4 Å². The second kappa shape index (κ2) is 7.13. The van der Waals surface area contributed by atoms with Crippen LogP contribution in [0.5, 0.6) is 5.75 Å². The van der Waals surface area contributed by atoms with E-state index in [-0.39, 0.29) is 13.1 Å². The molecule has 1 aliphatic rings. The van der Waals surface area contributed by atoms with Gasteiger partial charge in [-0.3, -0.25) is 4.79 Å². The van der Waals surface area contributed by atoms with Gasteiger partial charge in [-0.1, -0.05) is 23.2 Å². The third-order valence-electron chi connectivity index (χ3n) is 4.12. The Hall–Kier alpha value is -2.32. The molecule has 2 atom stereocenters. The molecule has 138 valence electrons. The first-order valence-corrected chi connectivity index (χ1v) is 8.56. The van der Waals surface area contributed by atoms with Gasteiger partial charge < -0.3 is 19.3 Å². The van der Waals surface area contributed by atoms with E-state index in [9.17, 15) is 14.7 Å². The van der Waals surface area contributed by atoms with Crippen molar-refractivity contribution in [1.82, 2.24) is 19.7 Å². The zero-order chi connectivity index (χ0) is 19.0. The minimum atomic E-state index is -1.10. The molecule has 0 aliphatic carbocycles. The molecule has 1 N–H and O–H groups in total. The van der Waals surface area contributed by atoms with Crippen molar-refractivity contribution in [3.63, 3.8) is 0 Å². The lowest BCUT2D eigenvalue weighted by atomic mass is 10.1. The monoisotopic (exact) mass is 398 g/mol. The molecule has 1 aromatic heterocycles. The summed E-state index contributed by atoms with van der Waals surface area (Å²) >= 11 is 11.9. The summed E-state index contributed by atoms with van der Waals surface area (Å²) in [6.45, 7) is 3.41. The van der Waals surface area contributed by atoms with Crippen LogP contribution < -0.4 is 4.74 Å². The highest BCUT2D eigenvalue weighted by molar-refractivity contribution is 6.34. The molecule has 26 heavy (non-hydrogen) atoms. The van der Waals surface area contributed by atoms with Crippen LogP contribution in [0.25, 0.3) is 0 Å². The van der Waals surface area contributed by atoms with Gasteiger partial charge in [-0.2, -0.15) is 0 Å². The van der Waals surface area contributed by atoms with E-state index in [1.54, 1.807) is 24.5 Å². The number of carbonyl (C=O) groups is 2. The molecule has 8 nitrogen and oxygen atoms in total. The quantitative estimate of drug-likeness (QED) is 0.846. The summed E-state index contributed by atoms with van der Waals surface area (Å²) in [7, 11) is 0. The van der Waals surface area contributed by atoms with E-state index >= 15 is 0 Å². The second-order valence-electron chi connectivity index (χ2n) is 5.96. The Balaban J connectivity index is 1.81. The third kappa shape index (κ3) is 3.61. The Morgan fingerprint density at radius 3 is 2.54 bits per heavy atom. The number of aliphatic carboxylic acids is 1. The summed E-state index contributed by atoms with van der Waals surface area (Å²) in [6, 6.07) is 3.58. The maximum Gasteiger partial charge on any atom is 0.328 e. The van der Waals surface area contributed by atoms with E-state index in [1.807, 2.05) is 0 Å². The van der Waals surface area contributed by atoms with Crippen molar-refractivity contribution in [2.75, 3.05) is 0 Å². The highest BCUT2D eigenvalue weighted by Crippen LogP contribution is 2.26. The van der Waals surface area contributed by atoms with Gasteiger partial charge in [0.25, 0.3) is 5.91 Å². The van der Waals surface area contributed by atoms with E-state index in [2.05, 4.69) is 10.2 Å². The molecule has 1 aliphatic heterocycles. The average molecular weight is 399 g/mol. The van der Waals surface area contributed by atoms with Gasteiger partial charge in [0, 0.05) is 10.0 Å². The number of carbonyl (C=O) groups excluding carboxylic acids is 1. The molecule has 2 unspecified atom stereocenters. The fraction of sp³-hybridized carbons (Fsp3) is 0.375. The lowest BCUT2D eigenvalue weighted by Gasteiger charge is -2.35. The van der Waals surface area contributed by atoms with Crippen molar-refractivity contribution in [3.8, 4) is 5.75 Å². The molecule has 0 bridgehead atoms. The number of hydrogen-bond donors (Lipinski definition) is 1. The van der Waals surface area contributed by atoms with Crippen molar-refractivity contribution in [3.05, 3.63) is 39.9 Å². The largest absolute Gasteiger partial charge is 0.481 e. The van der Waals surface area contributed by atoms with Crippen molar-refractivity contribution in [2.24, 2.45) is 0 Å². The third-order valence-corrected chi connectivity index (χ3v) is 4.56. The first kappa shape index (κ1) is 18.5. The summed E-state index contributed by atoms with van der Waals surface area (Å²) in [5.74, 6) is -0.107. The zero-order valence-corrected chi connectivity index (χ0v) is 15.5. The average Bonchev–Trinajstić information content (AvgIpc) is 2.92. The summed E-state index contributed by atoms with van der Waals surface area (Å²) < 4.78 is 7.32. The van der Waals surface area contributed by atoms with E-state index in [4.69, 9.17) is 27.9 Å². The van der Waals surface area contributed by atoms with Gasteiger partial charge in [0.1, 0.15) is 17.6 Å². The van der Waals surface area contributed by atoms with Crippen molar-refractivity contribution >= 4 is 35.1 Å². The summed E-state index contributed by atoms with van der Waals surface area (Å²) in [5.41, 5.74) is 0. The minimum Gasteiger partial charge on any atom is -0.481 e. The number of ether oxygens (including phenoxy) is 1. The maximum atomic E-state index is 12.8. The molecular formula is C16H16Cl2N4O4. The van der Waals surface area contributed by atoms with Crippen molar-refractivity contribution in [1.29, 1.82) is 0 Å². The number of fused-ring (bicyclic) bond motifs is 1. The van der Waals surface area contributed by atoms with E-state index in [1.165, 1.54) is 17.0 Å². The smallest absolute Gasteiger partial charge is 0.328 e. The Bertz CT molecular complexity index is 850. The molecule has 0 spiro atoms. The number of benzene rings is 1. The first-order chi connectivity index (χ1) is 12.3. The number of aryl methyl sites for hydroxylation is 1. The molecule has 2 heterocycles. The summed E-state index contributed by atoms with van der Waals surface area (Å²) in [6.07, 6.45) is -0.929. The number of carboxylic acid groups (broad SMARTS) is 1. The van der Waals surface area contributed by atoms with Crippen LogP contribution in [0.15, 0.2) is 18.2 Å². The Morgan fingerprint density at radius 2 is 1.92 bits per heavy atom. The van der Waals surface area contributed by atoms with Gasteiger partial charge in [-0.25, -0.2) is 4.79 Å². The molecule has 3 rings (SSSR count). The summed E-state index contributed by atoms with van der Waals surface area (Å²) in [4.78, 5) is 25.7. The minimum absolute atomic E-state index is 0.0423. The number of hydrogen-bond acceptors (Lipinski definition) is 5. The van der Waals surface area contributed by atoms with Crippen LogP contribution in [0.3, 0.4) is 0 Å². The molecular weight excluding hydrogens is 383 g/mol. The van der Waals surface area contributed by atoms with Gasteiger partial charge in [-0.05, 0) is 32.0 Å². The molecule has 1 aromatic carbocycles. The topological polar surface area (TPSA) is 97.5 Å². The number of rotatable bonds is 4. The SMILES string of the molecule is Cc1nnc2n1CC(C(=O)O)N(C(=O)C(C)Oc1cc(Cl)cc(Cl)c1)C2. The number of nitrogens with zero attached hydrogens (tertiary/aromatic N) is 4. The van der Waals surface area contributed by atoms with Gasteiger partial charge in [0.2, 0.25) is 0 Å². The molecule has 2 aromatic rings. The van der Waals surface area contributed by atoms with Crippen LogP contribution in [0, 0.1) is 6.92 Å². The molecule has 0 radical (unpaired) electrons. The standard InChI is InChI=1S/C16H16Cl2N4O4/c1-8(26-12-4-10(17)3-11(18)5-12)15(23)22-7-14-20-19-9(2)21(14)6-13(22)16(24)25/h3-5,8,13H,6-7H2,1-2H3,(H,24,25). The summed E-state index contributed by atoms with van der Waals surface area (Å²) in [5, 5.41) is 18.2. The van der Waals surface area contributed by atoms with Gasteiger partial charge in [0.05, 0.1) is 13.1 Å². The van der Waals surface area contributed by atoms with Crippen molar-refractivity contribution < 1.29 is 19.4 Å². The van der Waals surface area contributed by atoms with Crippen molar-refractivity contribution in [2.45, 2.75) is 39.1 Å². The molecule has 1 amide bonds. The predicted molar refractivity (Wildman–Crippen MR) is 93.3 cm³/mol. The van der Waals surface area contributed by atoms with E-state index < -0.39 is 24.0 Å². The molecule has 0 saturated heterocycles. The zero-order valence-electron chi connectivity index (χ0n) is 14.0. The van der Waals surface area contributed by atoms with Crippen LogP contribution in [0.2, 0.25) is 10.0 Å². The highest BCUT2D eigenvalue weighted by atomic mass is 35.5. The van der Waals surface area contributed by atoms with Gasteiger partial charge >= 0.3 is 5.97 Å². The first-order valence-electron chi connectivity index (χ1n) is 7.81. The number of carboxylic acids is 1. The second-order valence-corrected chi connectivity index (χ2v) is 6.83. The Labute approximate surface area is 159 Å². The number of halogens is 2. The molecule has 0 saturated carbocycles. The molecule has 0 fully saturated rings. The molecule has 10 heteroatoms. The van der Waals surface area contributed by atoms with Crippen LogP contribution in [-0.4, -0.2) is 48.8 Å². The highest BCUT2D eigenvalue weighted by Gasteiger charge is 2.38. The fourth-order valence-corrected chi connectivity index (χ4v) is 3.35.